The number of carbonyl (C=O) groups is 1. The third-order valence-corrected chi connectivity index (χ3v) is 5.70. The van der Waals surface area contributed by atoms with Gasteiger partial charge in [-0.25, -0.2) is 9.37 Å². The minimum atomic E-state index is -0.408. The maximum Gasteiger partial charge on any atom is 0.266 e. The number of thiazole rings is 1. The Morgan fingerprint density at radius 2 is 2.00 bits per heavy atom. The van der Waals surface area contributed by atoms with E-state index in [1.54, 1.807) is 30.3 Å². The maximum atomic E-state index is 14.1. The normalized spacial score (nSPS) is 11.2. The highest BCUT2D eigenvalue weighted by atomic mass is 35.5. The zero-order valence-corrected chi connectivity index (χ0v) is 18.3. The number of anilines is 1. The molecule has 1 amide bonds. The van der Waals surface area contributed by atoms with Gasteiger partial charge in [-0.15, -0.1) is 0 Å². The van der Waals surface area contributed by atoms with E-state index in [1.807, 2.05) is 19.0 Å². The molecule has 154 valence electrons. The molecule has 0 aliphatic carbocycles. The van der Waals surface area contributed by atoms with E-state index in [4.69, 9.17) is 27.9 Å². The molecule has 1 aromatic heterocycles. The predicted octanol–water partition coefficient (Wildman–Crippen LogP) is 5.11. The molecule has 0 aliphatic rings. The summed E-state index contributed by atoms with van der Waals surface area (Å²) in [6.07, 6.45) is 0.735. The number of rotatable bonds is 8. The van der Waals surface area contributed by atoms with Gasteiger partial charge in [-0.2, -0.15) is 0 Å². The maximum absolute atomic E-state index is 14.1. The van der Waals surface area contributed by atoms with Crippen LogP contribution < -0.4 is 9.64 Å². The highest BCUT2D eigenvalue weighted by Crippen LogP contribution is 2.31. The van der Waals surface area contributed by atoms with Gasteiger partial charge in [-0.05, 0) is 57.4 Å². The Kier molecular flexibility index (Phi) is 7.29. The SMILES string of the molecule is CN(C)CCCN(C(=O)COc1ccc(Cl)cc1Cl)c1nc2c(F)cccc2s1. The molecule has 0 saturated carbocycles. The highest BCUT2D eigenvalue weighted by Gasteiger charge is 2.21. The van der Waals surface area contributed by atoms with Crippen molar-refractivity contribution in [2.24, 2.45) is 0 Å². The first-order valence-corrected chi connectivity index (χ1v) is 10.5. The van der Waals surface area contributed by atoms with Gasteiger partial charge in [0.25, 0.3) is 5.91 Å². The number of benzene rings is 2. The molecule has 3 aromatic rings. The molecular formula is C20H20Cl2FN3O2S. The van der Waals surface area contributed by atoms with Crippen molar-refractivity contribution in [2.45, 2.75) is 6.42 Å². The van der Waals surface area contributed by atoms with Crippen LogP contribution in [-0.2, 0) is 4.79 Å². The van der Waals surface area contributed by atoms with Crippen LogP contribution in [0.3, 0.4) is 0 Å². The largest absolute Gasteiger partial charge is 0.482 e. The van der Waals surface area contributed by atoms with Crippen molar-refractivity contribution in [3.8, 4) is 5.75 Å². The van der Waals surface area contributed by atoms with E-state index in [-0.39, 0.29) is 18.0 Å². The van der Waals surface area contributed by atoms with Crippen LogP contribution in [0.15, 0.2) is 36.4 Å². The number of aromatic nitrogens is 1. The topological polar surface area (TPSA) is 45.7 Å². The molecule has 5 nitrogen and oxygen atoms in total. The molecule has 0 aliphatic heterocycles. The second kappa shape index (κ2) is 9.71. The Labute approximate surface area is 182 Å². The van der Waals surface area contributed by atoms with Crippen molar-refractivity contribution in [3.05, 3.63) is 52.3 Å². The van der Waals surface area contributed by atoms with Crippen molar-refractivity contribution >= 4 is 55.8 Å². The minimum absolute atomic E-state index is 0.221. The van der Waals surface area contributed by atoms with E-state index in [1.165, 1.54) is 22.3 Å². The van der Waals surface area contributed by atoms with Gasteiger partial charge in [0.05, 0.1) is 9.72 Å². The van der Waals surface area contributed by atoms with Gasteiger partial charge in [-0.3, -0.25) is 9.69 Å². The molecule has 0 fully saturated rings. The molecule has 0 N–H and O–H groups in total. The molecule has 0 unspecified atom stereocenters. The number of fused-ring (bicyclic) bond motifs is 1. The Morgan fingerprint density at radius 3 is 2.69 bits per heavy atom. The van der Waals surface area contributed by atoms with Crippen LogP contribution in [-0.4, -0.2) is 49.6 Å². The average Bonchev–Trinajstić information content (AvgIpc) is 3.09. The standard InChI is InChI=1S/C20H20Cl2FN3O2S/c1-25(2)9-4-10-26(20-24-19-15(23)5-3-6-17(19)29-20)18(27)12-28-16-8-7-13(21)11-14(16)22/h3,5-8,11H,4,9-10,12H2,1-2H3. The second-order valence-electron chi connectivity index (χ2n) is 6.65. The van der Waals surface area contributed by atoms with Crippen LogP contribution in [0.25, 0.3) is 10.2 Å². The van der Waals surface area contributed by atoms with Crippen LogP contribution in [0.4, 0.5) is 9.52 Å². The summed E-state index contributed by atoms with van der Waals surface area (Å²) in [6, 6.07) is 9.57. The molecule has 0 atom stereocenters. The van der Waals surface area contributed by atoms with Gasteiger partial charge in [0, 0.05) is 11.6 Å². The monoisotopic (exact) mass is 455 g/mol. The fourth-order valence-electron chi connectivity index (χ4n) is 2.70. The molecule has 0 radical (unpaired) electrons. The Morgan fingerprint density at radius 1 is 1.21 bits per heavy atom. The van der Waals surface area contributed by atoms with Crippen LogP contribution in [0.1, 0.15) is 6.42 Å². The lowest BCUT2D eigenvalue weighted by Gasteiger charge is -2.21. The molecular weight excluding hydrogens is 436 g/mol. The molecule has 3 rings (SSSR count). The summed E-state index contributed by atoms with van der Waals surface area (Å²) in [4.78, 5) is 20.8. The lowest BCUT2D eigenvalue weighted by molar-refractivity contribution is -0.120. The van der Waals surface area contributed by atoms with Gasteiger partial charge < -0.3 is 9.64 Å². The number of carbonyl (C=O) groups excluding carboxylic acids is 1. The van der Waals surface area contributed by atoms with Crippen molar-refractivity contribution in [3.63, 3.8) is 0 Å². The smallest absolute Gasteiger partial charge is 0.266 e. The summed E-state index contributed by atoms with van der Waals surface area (Å²) < 4.78 is 20.3. The number of hydrogen-bond donors (Lipinski definition) is 0. The number of ether oxygens (including phenoxy) is 1. The van der Waals surface area contributed by atoms with Crippen molar-refractivity contribution in [1.29, 1.82) is 0 Å². The van der Waals surface area contributed by atoms with Gasteiger partial charge in [-0.1, -0.05) is 40.6 Å². The zero-order chi connectivity index (χ0) is 21.0. The Balaban J connectivity index is 1.79. The van der Waals surface area contributed by atoms with Crippen LogP contribution >= 0.6 is 34.5 Å². The first-order chi connectivity index (χ1) is 13.8. The van der Waals surface area contributed by atoms with Crippen molar-refractivity contribution in [1.82, 2.24) is 9.88 Å². The first-order valence-electron chi connectivity index (χ1n) is 8.93. The first kappa shape index (κ1) is 21.8. The molecule has 9 heteroatoms. The summed E-state index contributed by atoms with van der Waals surface area (Å²) in [5.74, 6) is -0.322. The van der Waals surface area contributed by atoms with E-state index in [0.717, 1.165) is 13.0 Å². The number of amides is 1. The zero-order valence-electron chi connectivity index (χ0n) is 16.0. The van der Waals surface area contributed by atoms with E-state index < -0.39 is 5.82 Å². The Bertz CT molecular complexity index is 1010. The average molecular weight is 456 g/mol. The summed E-state index contributed by atoms with van der Waals surface area (Å²) in [5.41, 5.74) is 0.263. The van der Waals surface area contributed by atoms with Crippen LogP contribution in [0.5, 0.6) is 5.75 Å². The lowest BCUT2D eigenvalue weighted by Crippen LogP contribution is -2.36. The third-order valence-electron chi connectivity index (χ3n) is 4.12. The molecule has 0 spiro atoms. The van der Waals surface area contributed by atoms with Crippen molar-refractivity contribution < 1.29 is 13.9 Å². The fraction of sp³-hybridized carbons (Fsp3) is 0.300. The predicted molar refractivity (Wildman–Crippen MR) is 117 cm³/mol. The summed E-state index contributed by atoms with van der Waals surface area (Å²) in [6.45, 7) is 1.02. The van der Waals surface area contributed by atoms with Crippen LogP contribution in [0, 0.1) is 5.82 Å². The van der Waals surface area contributed by atoms with Crippen LogP contribution in [0.2, 0.25) is 10.0 Å². The summed E-state index contributed by atoms with van der Waals surface area (Å²) >= 11 is 13.3. The number of halogens is 3. The third kappa shape index (κ3) is 5.57. The van der Waals surface area contributed by atoms with E-state index in [0.29, 0.717) is 32.2 Å². The number of hydrogen-bond acceptors (Lipinski definition) is 5. The van der Waals surface area contributed by atoms with Gasteiger partial charge in [0.15, 0.2) is 11.7 Å². The van der Waals surface area contributed by atoms with E-state index in [9.17, 15) is 9.18 Å². The second-order valence-corrected chi connectivity index (χ2v) is 8.50. The lowest BCUT2D eigenvalue weighted by atomic mass is 10.3. The molecule has 29 heavy (non-hydrogen) atoms. The molecule has 1 heterocycles. The summed E-state index contributed by atoms with van der Waals surface area (Å²) in [5, 5.41) is 1.25. The number of para-hydroxylation sites is 1. The minimum Gasteiger partial charge on any atom is -0.482 e. The quantitative estimate of drug-likeness (QED) is 0.473. The van der Waals surface area contributed by atoms with E-state index in [2.05, 4.69) is 4.98 Å². The van der Waals surface area contributed by atoms with Gasteiger partial charge in [0.1, 0.15) is 17.1 Å². The van der Waals surface area contributed by atoms with E-state index >= 15 is 0 Å². The van der Waals surface area contributed by atoms with Crippen molar-refractivity contribution in [2.75, 3.05) is 38.7 Å². The Hall–Kier alpha value is -1.93. The fourth-order valence-corrected chi connectivity index (χ4v) is 4.19. The summed E-state index contributed by atoms with van der Waals surface area (Å²) in [7, 11) is 3.93. The number of nitrogens with zero attached hydrogens (tertiary/aromatic N) is 3. The molecule has 0 bridgehead atoms. The highest BCUT2D eigenvalue weighted by molar-refractivity contribution is 7.22. The van der Waals surface area contributed by atoms with Gasteiger partial charge >= 0.3 is 0 Å². The molecule has 2 aromatic carbocycles. The molecule has 0 saturated heterocycles. The van der Waals surface area contributed by atoms with Gasteiger partial charge in [0.2, 0.25) is 0 Å².